The molecular weight excluding hydrogens is 466 g/mol. The van der Waals surface area contributed by atoms with Gasteiger partial charge in [-0.25, -0.2) is 9.78 Å². The lowest BCUT2D eigenvalue weighted by Gasteiger charge is -2.26. The summed E-state index contributed by atoms with van der Waals surface area (Å²) in [5.74, 6) is 1.47. The number of ether oxygens (including phenoxy) is 3. The predicted molar refractivity (Wildman–Crippen MR) is 135 cm³/mol. The fraction of sp³-hybridized carbons (Fsp3) is 0.423. The van der Waals surface area contributed by atoms with Crippen molar-refractivity contribution in [2.75, 3.05) is 33.1 Å². The second-order valence-electron chi connectivity index (χ2n) is 8.20. The van der Waals surface area contributed by atoms with Gasteiger partial charge in [0.1, 0.15) is 11.5 Å². The van der Waals surface area contributed by atoms with Gasteiger partial charge in [0.2, 0.25) is 5.91 Å². The van der Waals surface area contributed by atoms with Crippen LogP contribution in [0.5, 0.6) is 11.5 Å². The van der Waals surface area contributed by atoms with Crippen molar-refractivity contribution < 1.29 is 23.8 Å². The number of rotatable bonds is 9. The molecule has 0 spiro atoms. The number of nitrogens with zero attached hydrogens (tertiary/aromatic N) is 3. The van der Waals surface area contributed by atoms with Crippen molar-refractivity contribution in [2.24, 2.45) is 0 Å². The summed E-state index contributed by atoms with van der Waals surface area (Å²) in [6.07, 6.45) is 1.82. The van der Waals surface area contributed by atoms with Crippen LogP contribution in [0.2, 0.25) is 0 Å². The molecule has 3 aromatic rings. The molecule has 2 aromatic carbocycles. The van der Waals surface area contributed by atoms with E-state index in [-0.39, 0.29) is 23.7 Å². The van der Waals surface area contributed by atoms with Gasteiger partial charge in [-0.2, -0.15) is 0 Å². The van der Waals surface area contributed by atoms with E-state index >= 15 is 0 Å². The Hall–Kier alpha value is -3.20. The maximum Gasteiger partial charge on any atom is 0.338 e. The summed E-state index contributed by atoms with van der Waals surface area (Å²) in [6.45, 7) is 5.56. The van der Waals surface area contributed by atoms with Crippen LogP contribution in [0.3, 0.4) is 0 Å². The molecule has 1 atom stereocenters. The van der Waals surface area contributed by atoms with E-state index in [2.05, 4.69) is 4.57 Å². The number of esters is 1. The van der Waals surface area contributed by atoms with E-state index in [4.69, 9.17) is 19.2 Å². The van der Waals surface area contributed by atoms with Crippen molar-refractivity contribution in [2.45, 2.75) is 44.4 Å². The maximum atomic E-state index is 13.3. The highest BCUT2D eigenvalue weighted by atomic mass is 32.2. The van der Waals surface area contributed by atoms with E-state index in [0.717, 1.165) is 40.6 Å². The van der Waals surface area contributed by atoms with E-state index in [1.165, 1.54) is 11.8 Å². The van der Waals surface area contributed by atoms with Crippen LogP contribution in [0.4, 0.5) is 0 Å². The molecule has 1 fully saturated rings. The predicted octanol–water partition coefficient (Wildman–Crippen LogP) is 4.71. The highest BCUT2D eigenvalue weighted by molar-refractivity contribution is 7.99. The zero-order valence-corrected chi connectivity index (χ0v) is 21.4. The van der Waals surface area contributed by atoms with Crippen LogP contribution in [0.1, 0.15) is 48.7 Å². The Morgan fingerprint density at radius 1 is 1.11 bits per heavy atom. The molecule has 1 aromatic heterocycles. The molecule has 1 unspecified atom stereocenters. The topological polar surface area (TPSA) is 82.9 Å². The standard InChI is InChI=1S/C26H31N3O5S/c1-5-28-22-11-9-17(25(31)34-6-2)14-20(22)27-26(28)35-16-24(30)29-13-7-8-21(29)19-15-18(32-3)10-12-23(19)33-4/h9-12,14-15,21H,5-8,13,16H2,1-4H3. The van der Waals surface area contributed by atoms with Crippen LogP contribution in [0.15, 0.2) is 41.6 Å². The van der Waals surface area contributed by atoms with Crippen molar-refractivity contribution >= 4 is 34.7 Å². The van der Waals surface area contributed by atoms with Gasteiger partial charge >= 0.3 is 5.97 Å². The third-order valence-corrected chi connectivity index (χ3v) is 7.20. The first-order valence-electron chi connectivity index (χ1n) is 11.8. The van der Waals surface area contributed by atoms with Crippen LogP contribution in [-0.4, -0.2) is 59.5 Å². The number of likely N-dealkylation sites (tertiary alicyclic amines) is 1. The lowest BCUT2D eigenvalue weighted by Crippen LogP contribution is -2.32. The first-order valence-corrected chi connectivity index (χ1v) is 12.8. The molecule has 0 aliphatic carbocycles. The van der Waals surface area contributed by atoms with Gasteiger partial charge < -0.3 is 23.7 Å². The molecule has 1 saturated heterocycles. The van der Waals surface area contributed by atoms with Gasteiger partial charge in [0, 0.05) is 18.7 Å². The molecule has 8 nitrogen and oxygen atoms in total. The summed E-state index contributed by atoms with van der Waals surface area (Å²) in [6, 6.07) is 11.0. The second-order valence-corrected chi connectivity index (χ2v) is 9.15. The summed E-state index contributed by atoms with van der Waals surface area (Å²) in [5, 5.41) is 0.756. The minimum atomic E-state index is -0.363. The quantitative estimate of drug-likeness (QED) is 0.313. The SMILES string of the molecule is CCOC(=O)c1ccc2c(c1)nc(SCC(=O)N1CCCC1c1cc(OC)ccc1OC)n2CC. The molecule has 35 heavy (non-hydrogen) atoms. The number of hydrogen-bond acceptors (Lipinski definition) is 7. The minimum Gasteiger partial charge on any atom is -0.497 e. The van der Waals surface area contributed by atoms with Gasteiger partial charge in [-0.1, -0.05) is 11.8 Å². The van der Waals surface area contributed by atoms with Crippen LogP contribution in [-0.2, 0) is 16.1 Å². The van der Waals surface area contributed by atoms with Crippen molar-refractivity contribution in [1.29, 1.82) is 0 Å². The van der Waals surface area contributed by atoms with Gasteiger partial charge in [0.25, 0.3) is 0 Å². The Morgan fingerprint density at radius 3 is 2.66 bits per heavy atom. The van der Waals surface area contributed by atoms with Crippen molar-refractivity contribution in [3.05, 3.63) is 47.5 Å². The Bertz CT molecular complexity index is 1230. The number of imidazole rings is 1. The summed E-state index contributed by atoms with van der Waals surface area (Å²) in [7, 11) is 3.28. The van der Waals surface area contributed by atoms with E-state index < -0.39 is 0 Å². The highest BCUT2D eigenvalue weighted by Gasteiger charge is 2.32. The molecule has 1 aliphatic rings. The number of hydrogen-bond donors (Lipinski definition) is 0. The van der Waals surface area contributed by atoms with Gasteiger partial charge in [0.15, 0.2) is 5.16 Å². The lowest BCUT2D eigenvalue weighted by atomic mass is 10.0. The molecule has 0 N–H and O–H groups in total. The molecule has 4 rings (SSSR count). The molecule has 0 radical (unpaired) electrons. The number of carbonyl (C=O) groups excluding carboxylic acids is 2. The third-order valence-electron chi connectivity index (χ3n) is 6.23. The van der Waals surface area contributed by atoms with Gasteiger partial charge in [-0.3, -0.25) is 4.79 Å². The Kier molecular flexibility index (Phi) is 7.85. The van der Waals surface area contributed by atoms with E-state index in [9.17, 15) is 9.59 Å². The van der Waals surface area contributed by atoms with Crippen LogP contribution in [0.25, 0.3) is 11.0 Å². The zero-order chi connectivity index (χ0) is 24.9. The number of carbonyl (C=O) groups is 2. The molecule has 9 heteroatoms. The largest absolute Gasteiger partial charge is 0.497 e. The summed E-state index contributed by atoms with van der Waals surface area (Å²) < 4.78 is 18.2. The molecule has 0 saturated carbocycles. The number of fused-ring (bicyclic) bond motifs is 1. The Labute approximate surface area is 209 Å². The van der Waals surface area contributed by atoms with Gasteiger partial charge in [0.05, 0.1) is 49.2 Å². The molecule has 1 aliphatic heterocycles. The average Bonchev–Trinajstić information content (AvgIpc) is 3.51. The molecule has 1 amide bonds. The Morgan fingerprint density at radius 2 is 1.94 bits per heavy atom. The van der Waals surface area contributed by atoms with Crippen LogP contribution in [0, 0.1) is 0 Å². The van der Waals surface area contributed by atoms with E-state index in [1.807, 2.05) is 36.1 Å². The normalized spacial score (nSPS) is 15.4. The number of amides is 1. The van der Waals surface area contributed by atoms with Gasteiger partial charge in [-0.05, 0) is 63.1 Å². The minimum absolute atomic E-state index is 0.0507. The average molecular weight is 498 g/mol. The van der Waals surface area contributed by atoms with Crippen molar-refractivity contribution in [3.8, 4) is 11.5 Å². The fourth-order valence-electron chi connectivity index (χ4n) is 4.56. The lowest BCUT2D eigenvalue weighted by molar-refractivity contribution is -0.129. The molecule has 186 valence electrons. The monoisotopic (exact) mass is 497 g/mol. The first kappa shape index (κ1) is 24.9. The van der Waals surface area contributed by atoms with Crippen molar-refractivity contribution in [3.63, 3.8) is 0 Å². The van der Waals surface area contributed by atoms with E-state index in [0.29, 0.717) is 30.8 Å². The second kappa shape index (κ2) is 11.0. The molecular formula is C26H31N3O5S. The first-order chi connectivity index (χ1) is 17.0. The molecule has 2 heterocycles. The maximum absolute atomic E-state index is 13.3. The summed E-state index contributed by atoms with van der Waals surface area (Å²) in [4.78, 5) is 32.1. The zero-order valence-electron chi connectivity index (χ0n) is 20.6. The van der Waals surface area contributed by atoms with Crippen molar-refractivity contribution in [1.82, 2.24) is 14.5 Å². The number of methoxy groups -OCH3 is 2. The Balaban J connectivity index is 1.53. The highest BCUT2D eigenvalue weighted by Crippen LogP contribution is 2.39. The smallest absolute Gasteiger partial charge is 0.338 e. The molecule has 0 bridgehead atoms. The van der Waals surface area contributed by atoms with Gasteiger partial charge in [-0.15, -0.1) is 0 Å². The van der Waals surface area contributed by atoms with Crippen LogP contribution < -0.4 is 9.47 Å². The number of aryl methyl sites for hydroxylation is 1. The summed E-state index contributed by atoms with van der Waals surface area (Å²) >= 11 is 1.42. The third kappa shape index (κ3) is 5.10. The van der Waals surface area contributed by atoms with E-state index in [1.54, 1.807) is 33.3 Å². The fourth-order valence-corrected chi connectivity index (χ4v) is 5.53. The van der Waals surface area contributed by atoms with Crippen LogP contribution >= 0.6 is 11.8 Å². The number of thioether (sulfide) groups is 1. The summed E-state index contributed by atoms with van der Waals surface area (Å²) in [5.41, 5.74) is 3.08. The number of benzene rings is 2. The number of aromatic nitrogens is 2.